The van der Waals surface area contributed by atoms with Crippen LogP contribution in [0.2, 0.25) is 0 Å². The van der Waals surface area contributed by atoms with Gasteiger partial charge in [-0.15, -0.1) is 0 Å². The molecule has 3 heteroatoms. The summed E-state index contributed by atoms with van der Waals surface area (Å²) in [4.78, 5) is 15.7. The number of carboxylic acid groups (broad SMARTS) is 1. The third kappa shape index (κ3) is 3.16. The molecular formula is C17H21NO2. The molecule has 0 amide bonds. The van der Waals surface area contributed by atoms with E-state index in [1.54, 1.807) is 12.1 Å². The van der Waals surface area contributed by atoms with E-state index in [1.165, 1.54) is 5.57 Å². The largest absolute Gasteiger partial charge is 0.478 e. The molecule has 2 unspecified atom stereocenters. The van der Waals surface area contributed by atoms with Crippen molar-refractivity contribution in [3.63, 3.8) is 0 Å². The number of carboxylic acids is 1. The topological polar surface area (TPSA) is 49.7 Å². The number of aryl methyl sites for hydroxylation is 1. The monoisotopic (exact) mass is 271 g/mol. The first-order chi connectivity index (χ1) is 9.49. The maximum absolute atomic E-state index is 11.2. The Balaban J connectivity index is 2.26. The van der Waals surface area contributed by atoms with Crippen molar-refractivity contribution in [2.24, 2.45) is 16.8 Å². The summed E-state index contributed by atoms with van der Waals surface area (Å²) in [5, 5.41) is 9.23. The number of aliphatic imine (C=N–C) groups is 1. The number of hydrogen-bond acceptors (Lipinski definition) is 2. The highest BCUT2D eigenvalue weighted by molar-refractivity contribution is 5.95. The van der Waals surface area contributed by atoms with Crippen LogP contribution in [0, 0.1) is 18.8 Å². The lowest BCUT2D eigenvalue weighted by Gasteiger charge is -2.23. The molecule has 0 saturated carbocycles. The molecule has 2 atom stereocenters. The molecule has 3 nitrogen and oxygen atoms in total. The second kappa shape index (κ2) is 6.04. The van der Waals surface area contributed by atoms with Gasteiger partial charge in [0.05, 0.1) is 11.3 Å². The lowest BCUT2D eigenvalue weighted by Crippen LogP contribution is -2.15. The number of aromatic carboxylic acids is 1. The summed E-state index contributed by atoms with van der Waals surface area (Å²) in [5.74, 6) is -0.0713. The van der Waals surface area contributed by atoms with E-state index in [0.717, 1.165) is 18.4 Å². The van der Waals surface area contributed by atoms with E-state index < -0.39 is 5.97 Å². The Kier molecular flexibility index (Phi) is 4.38. The van der Waals surface area contributed by atoms with E-state index in [-0.39, 0.29) is 5.56 Å². The summed E-state index contributed by atoms with van der Waals surface area (Å²) in [6.07, 6.45) is 6.40. The van der Waals surface area contributed by atoms with Crippen molar-refractivity contribution in [1.29, 1.82) is 0 Å². The average Bonchev–Trinajstić information content (AvgIpc) is 2.38. The lowest BCUT2D eigenvalue weighted by molar-refractivity contribution is 0.0697. The zero-order chi connectivity index (χ0) is 14.7. The van der Waals surface area contributed by atoms with Gasteiger partial charge in [0.2, 0.25) is 0 Å². The number of benzene rings is 1. The standard InChI is InChI=1S/C17H21NO2/c1-11-7-8-14(13(3)9-11)10-18-16-12(2)5-4-6-15(16)17(19)20/h4-6,9-10,13-14H,7-8H2,1-3H3,(H,19,20). The molecule has 0 heterocycles. The van der Waals surface area contributed by atoms with Gasteiger partial charge in [-0.1, -0.05) is 30.7 Å². The summed E-state index contributed by atoms with van der Waals surface area (Å²) in [6, 6.07) is 5.26. The van der Waals surface area contributed by atoms with Gasteiger partial charge in [-0.05, 0) is 44.2 Å². The van der Waals surface area contributed by atoms with Gasteiger partial charge in [-0.25, -0.2) is 4.79 Å². The summed E-state index contributed by atoms with van der Waals surface area (Å²) in [5.41, 5.74) is 3.19. The molecule has 2 rings (SSSR count). The van der Waals surface area contributed by atoms with Crippen molar-refractivity contribution in [2.75, 3.05) is 0 Å². The highest BCUT2D eigenvalue weighted by Crippen LogP contribution is 2.29. The normalized spacial score (nSPS) is 22.9. The fourth-order valence-corrected chi connectivity index (χ4v) is 2.70. The summed E-state index contributed by atoms with van der Waals surface area (Å²) < 4.78 is 0. The average molecular weight is 271 g/mol. The van der Waals surface area contributed by atoms with Crippen molar-refractivity contribution in [1.82, 2.24) is 0 Å². The van der Waals surface area contributed by atoms with Crippen LogP contribution in [0.15, 0.2) is 34.8 Å². The number of hydrogen-bond donors (Lipinski definition) is 1. The minimum absolute atomic E-state index is 0.274. The number of rotatable bonds is 3. The number of carbonyl (C=O) groups is 1. The molecular weight excluding hydrogens is 250 g/mol. The van der Waals surface area contributed by atoms with Gasteiger partial charge in [0.1, 0.15) is 0 Å². The first kappa shape index (κ1) is 14.5. The fourth-order valence-electron chi connectivity index (χ4n) is 2.70. The van der Waals surface area contributed by atoms with Gasteiger partial charge in [-0.2, -0.15) is 0 Å². The molecule has 20 heavy (non-hydrogen) atoms. The lowest BCUT2D eigenvalue weighted by atomic mass is 9.83. The predicted molar refractivity (Wildman–Crippen MR) is 81.9 cm³/mol. The molecule has 0 aliphatic heterocycles. The zero-order valence-corrected chi connectivity index (χ0v) is 12.3. The molecule has 0 bridgehead atoms. The first-order valence-corrected chi connectivity index (χ1v) is 7.03. The van der Waals surface area contributed by atoms with Crippen LogP contribution in [0.4, 0.5) is 5.69 Å². The maximum atomic E-state index is 11.2. The van der Waals surface area contributed by atoms with Crippen LogP contribution < -0.4 is 0 Å². The quantitative estimate of drug-likeness (QED) is 0.654. The van der Waals surface area contributed by atoms with E-state index >= 15 is 0 Å². The van der Waals surface area contributed by atoms with Gasteiger partial charge in [0.15, 0.2) is 0 Å². The molecule has 0 radical (unpaired) electrons. The molecule has 1 aromatic rings. The Bertz CT molecular complexity index is 572. The summed E-state index contributed by atoms with van der Waals surface area (Å²) in [6.45, 7) is 6.25. The third-order valence-electron chi connectivity index (χ3n) is 3.96. The van der Waals surface area contributed by atoms with E-state index in [0.29, 0.717) is 17.5 Å². The Morgan fingerprint density at radius 3 is 2.80 bits per heavy atom. The molecule has 106 valence electrons. The fraction of sp³-hybridized carbons (Fsp3) is 0.412. The van der Waals surface area contributed by atoms with Gasteiger partial charge in [0.25, 0.3) is 0 Å². The van der Waals surface area contributed by atoms with Crippen LogP contribution in [0.3, 0.4) is 0 Å². The van der Waals surface area contributed by atoms with E-state index in [1.807, 2.05) is 19.2 Å². The predicted octanol–water partition coefficient (Wildman–Crippen LogP) is 4.39. The molecule has 0 aromatic heterocycles. The van der Waals surface area contributed by atoms with E-state index in [4.69, 9.17) is 0 Å². The second-order valence-electron chi connectivity index (χ2n) is 5.63. The minimum atomic E-state index is -0.923. The Morgan fingerprint density at radius 1 is 1.40 bits per heavy atom. The smallest absolute Gasteiger partial charge is 0.337 e. The van der Waals surface area contributed by atoms with Crippen LogP contribution in [0.25, 0.3) is 0 Å². The van der Waals surface area contributed by atoms with Crippen LogP contribution in [0.5, 0.6) is 0 Å². The van der Waals surface area contributed by atoms with Crippen molar-refractivity contribution < 1.29 is 9.90 Å². The van der Waals surface area contributed by atoms with E-state index in [9.17, 15) is 9.90 Å². The number of nitrogens with zero attached hydrogens (tertiary/aromatic N) is 1. The Hall–Kier alpha value is -1.90. The Labute approximate surface area is 120 Å². The van der Waals surface area contributed by atoms with Crippen LogP contribution in [-0.4, -0.2) is 17.3 Å². The molecule has 0 fully saturated rings. The van der Waals surface area contributed by atoms with Gasteiger partial charge in [-0.3, -0.25) is 4.99 Å². The molecule has 1 N–H and O–H groups in total. The van der Waals surface area contributed by atoms with Crippen molar-refractivity contribution in [2.45, 2.75) is 33.6 Å². The molecule has 0 spiro atoms. The highest BCUT2D eigenvalue weighted by atomic mass is 16.4. The molecule has 1 aliphatic carbocycles. The highest BCUT2D eigenvalue weighted by Gasteiger charge is 2.18. The molecule has 1 aromatic carbocycles. The van der Waals surface area contributed by atoms with Crippen LogP contribution in [-0.2, 0) is 0 Å². The summed E-state index contributed by atoms with van der Waals surface area (Å²) >= 11 is 0. The minimum Gasteiger partial charge on any atom is -0.478 e. The molecule has 0 saturated heterocycles. The maximum Gasteiger partial charge on any atom is 0.337 e. The van der Waals surface area contributed by atoms with Crippen molar-refractivity contribution in [3.05, 3.63) is 41.0 Å². The Morgan fingerprint density at radius 2 is 2.15 bits per heavy atom. The number of para-hydroxylation sites is 1. The van der Waals surface area contributed by atoms with Gasteiger partial charge in [0, 0.05) is 12.1 Å². The SMILES string of the molecule is CC1=CC(C)C(C=Nc2c(C)cccc2C(=O)O)CC1. The second-order valence-corrected chi connectivity index (χ2v) is 5.63. The summed E-state index contributed by atoms with van der Waals surface area (Å²) in [7, 11) is 0. The van der Waals surface area contributed by atoms with Crippen molar-refractivity contribution in [3.8, 4) is 0 Å². The zero-order valence-electron chi connectivity index (χ0n) is 12.3. The van der Waals surface area contributed by atoms with Gasteiger partial charge >= 0.3 is 5.97 Å². The molecule has 1 aliphatic rings. The third-order valence-corrected chi connectivity index (χ3v) is 3.96. The van der Waals surface area contributed by atoms with Crippen molar-refractivity contribution >= 4 is 17.9 Å². The van der Waals surface area contributed by atoms with Crippen LogP contribution >= 0.6 is 0 Å². The number of allylic oxidation sites excluding steroid dienone is 2. The van der Waals surface area contributed by atoms with Gasteiger partial charge < -0.3 is 5.11 Å². The first-order valence-electron chi connectivity index (χ1n) is 7.03. The van der Waals surface area contributed by atoms with Crippen LogP contribution in [0.1, 0.15) is 42.6 Å². The van der Waals surface area contributed by atoms with E-state index in [2.05, 4.69) is 24.9 Å².